The normalized spacial score (nSPS) is 24.4. The van der Waals surface area contributed by atoms with Crippen LogP contribution in [0.25, 0.3) is 120 Å². The molecule has 3 fully saturated rings. The Morgan fingerprint density at radius 2 is 0.571 bits per heavy atom. The van der Waals surface area contributed by atoms with Crippen molar-refractivity contribution in [2.45, 2.75) is 114 Å². The zero-order valence-corrected chi connectivity index (χ0v) is 56.9. The van der Waals surface area contributed by atoms with Crippen LogP contribution in [0.5, 0.6) is 0 Å². The average Bonchev–Trinajstić information content (AvgIpc) is 1.51. The monoisotopic (exact) mass is 1260 g/mol. The first-order chi connectivity index (χ1) is 48.0. The van der Waals surface area contributed by atoms with E-state index in [9.17, 15) is 0 Å². The third kappa shape index (κ3) is 7.29. The van der Waals surface area contributed by atoms with Gasteiger partial charge in [0.05, 0.1) is 16.6 Å². The summed E-state index contributed by atoms with van der Waals surface area (Å²) in [4.78, 5) is 8.14. The summed E-state index contributed by atoms with van der Waals surface area (Å²) in [5.74, 6) is 2.93. The van der Waals surface area contributed by atoms with Gasteiger partial charge in [-0.05, 0) is 287 Å². The van der Waals surface area contributed by atoms with Crippen LogP contribution in [0.3, 0.4) is 0 Å². The number of nitrogens with zero attached hydrogens (tertiary/aromatic N) is 3. The molecule has 0 aromatic heterocycles. The SMILES string of the molecule is CC1CCC2c3cc(-c4ccc5c6c(-c7ccccc7)c7c8ccc(-c9ccc%10c(c9)C9CCC(C)C9(C)N%10c9ccccc9)c9c(-c%10ccc%11c(c%10)C%10CCC(C)C%10(C)N%11c%10ccccc%10)ccc(c7c(-c7ccccc7)c6c6cccc4c65)c98)ccc3N(c3ccccc3)C12C. The van der Waals surface area contributed by atoms with Crippen LogP contribution in [0.2, 0.25) is 0 Å². The second kappa shape index (κ2) is 20.4. The smallest absolute Gasteiger partial charge is 0.0518 e. The minimum atomic E-state index is -0.0302. The minimum absolute atomic E-state index is 0.00722. The number of rotatable bonds is 8. The number of para-hydroxylation sites is 3. The van der Waals surface area contributed by atoms with Gasteiger partial charge in [0.15, 0.2) is 0 Å². The summed E-state index contributed by atoms with van der Waals surface area (Å²) in [6, 6.07) is 102. The van der Waals surface area contributed by atoms with Crippen molar-refractivity contribution < 1.29 is 0 Å². The van der Waals surface area contributed by atoms with Gasteiger partial charge in [-0.25, -0.2) is 0 Å². The van der Waals surface area contributed by atoms with E-state index in [0.29, 0.717) is 35.5 Å². The molecule has 9 atom stereocenters. The molecule has 0 bridgehead atoms. The fourth-order valence-corrected chi connectivity index (χ4v) is 22.0. The molecule has 15 aromatic rings. The molecular weight excluding hydrogens is 1180 g/mol. The van der Waals surface area contributed by atoms with E-state index in [-0.39, 0.29) is 16.6 Å². The molecule has 474 valence electrons. The maximum absolute atomic E-state index is 2.72. The van der Waals surface area contributed by atoms with Crippen LogP contribution in [0.15, 0.2) is 261 Å². The van der Waals surface area contributed by atoms with Gasteiger partial charge in [0.1, 0.15) is 0 Å². The Morgan fingerprint density at radius 1 is 0.255 bits per heavy atom. The Morgan fingerprint density at radius 3 is 0.949 bits per heavy atom. The molecule has 98 heavy (non-hydrogen) atoms. The number of hydrogen-bond acceptors (Lipinski definition) is 3. The second-order valence-corrected chi connectivity index (χ2v) is 31.0. The average molecular weight is 1260 g/mol. The molecule has 3 aliphatic heterocycles. The number of benzene rings is 13. The summed E-state index contributed by atoms with van der Waals surface area (Å²) < 4.78 is 0. The summed E-state index contributed by atoms with van der Waals surface area (Å²) in [6.45, 7) is 15.1. The van der Waals surface area contributed by atoms with E-state index in [0.717, 1.165) is 0 Å². The topological polar surface area (TPSA) is 9.72 Å². The second-order valence-electron chi connectivity index (χ2n) is 31.0. The Bertz CT molecular complexity index is 5530. The molecule has 15 aromatic carbocycles. The predicted molar refractivity (Wildman–Crippen MR) is 415 cm³/mol. The minimum Gasteiger partial charge on any atom is -0.334 e. The Kier molecular flexibility index (Phi) is 11.9. The van der Waals surface area contributed by atoms with Crippen LogP contribution in [-0.2, 0) is 0 Å². The lowest BCUT2D eigenvalue weighted by molar-refractivity contribution is 0.355. The van der Waals surface area contributed by atoms with Gasteiger partial charge >= 0.3 is 0 Å². The zero-order chi connectivity index (χ0) is 65.2. The van der Waals surface area contributed by atoms with Crippen LogP contribution >= 0.6 is 0 Å². The van der Waals surface area contributed by atoms with Crippen molar-refractivity contribution in [1.29, 1.82) is 0 Å². The molecule has 3 nitrogen and oxygen atoms in total. The van der Waals surface area contributed by atoms with Crippen LogP contribution in [0.4, 0.5) is 34.1 Å². The van der Waals surface area contributed by atoms with Crippen LogP contribution in [0.1, 0.15) is 115 Å². The molecule has 21 rings (SSSR count). The molecule has 0 radical (unpaired) electrons. The van der Waals surface area contributed by atoms with Gasteiger partial charge in [0.25, 0.3) is 0 Å². The predicted octanol–water partition coefficient (Wildman–Crippen LogP) is 26.1. The number of hydrogen-bond donors (Lipinski definition) is 0. The highest BCUT2D eigenvalue weighted by Crippen LogP contribution is 2.66. The first-order valence-corrected chi connectivity index (χ1v) is 36.5. The molecule has 0 amide bonds. The summed E-state index contributed by atoms with van der Waals surface area (Å²) in [7, 11) is 0. The first kappa shape index (κ1) is 56.9. The fourth-order valence-electron chi connectivity index (χ4n) is 22.0. The highest BCUT2D eigenvalue weighted by atomic mass is 15.3. The molecule has 0 saturated heterocycles. The summed E-state index contributed by atoms with van der Waals surface area (Å²) in [5, 5.41) is 16.0. The Labute approximate surface area is 575 Å². The summed E-state index contributed by atoms with van der Waals surface area (Å²) in [5.41, 5.74) is 25.3. The molecule has 0 spiro atoms. The van der Waals surface area contributed by atoms with Gasteiger partial charge in [-0.2, -0.15) is 0 Å². The van der Waals surface area contributed by atoms with Crippen LogP contribution in [-0.4, -0.2) is 16.6 Å². The fraction of sp³-hybridized carbons (Fsp3) is 0.221. The molecular formula is C95H79N3. The van der Waals surface area contributed by atoms with Crippen molar-refractivity contribution in [3.8, 4) is 55.6 Å². The molecule has 6 aliphatic rings. The van der Waals surface area contributed by atoms with Gasteiger partial charge in [-0.15, -0.1) is 0 Å². The lowest BCUT2D eigenvalue weighted by atomic mass is 9.81. The molecule has 9 unspecified atom stereocenters. The number of fused-ring (bicyclic) bond motifs is 15. The van der Waals surface area contributed by atoms with E-state index < -0.39 is 0 Å². The molecule has 0 N–H and O–H groups in total. The third-order valence-corrected chi connectivity index (χ3v) is 27.0. The van der Waals surface area contributed by atoms with Gasteiger partial charge in [-0.1, -0.05) is 209 Å². The van der Waals surface area contributed by atoms with Crippen LogP contribution in [0, 0.1) is 17.8 Å². The standard InChI is InChI=1S/C95H79N3/c1-56-35-47-78-75-53-61(38-50-81(75)96(93(56,78)4)64-27-16-9-17-28-64)67-41-44-72-86-70(67)33-22-34-71(86)89-84(59-23-12-7-13-24-59)91-73-45-42-68(62-39-51-82-76(54-62)79-48-36-57(2)94(79,5)97(82)65-29-18-10-19-30-65)87-69(43-46-74(88(73)87)92(91)85(90(72)89)60-25-14-8-15-26-60)63-40-52-83-77(55-63)80-49-37-58(3)95(80,6)98(83)66-31-20-11-21-32-66/h7-34,38-46,50-58,78-80H,35-37,47-49H2,1-6H3. The maximum Gasteiger partial charge on any atom is 0.0518 e. The lowest BCUT2D eigenvalue weighted by Gasteiger charge is -2.41. The third-order valence-electron chi connectivity index (χ3n) is 27.0. The van der Waals surface area contributed by atoms with Crippen molar-refractivity contribution in [1.82, 2.24) is 0 Å². The molecule has 3 heterocycles. The van der Waals surface area contributed by atoms with Crippen molar-refractivity contribution in [2.24, 2.45) is 17.8 Å². The number of anilines is 6. The molecule has 3 aliphatic carbocycles. The van der Waals surface area contributed by atoms with Crippen molar-refractivity contribution >= 4 is 98.8 Å². The Balaban J connectivity index is 0.846. The summed E-state index contributed by atoms with van der Waals surface area (Å²) in [6.07, 6.45) is 7.24. The van der Waals surface area contributed by atoms with E-state index in [4.69, 9.17) is 0 Å². The van der Waals surface area contributed by atoms with E-state index in [2.05, 4.69) is 317 Å². The van der Waals surface area contributed by atoms with Gasteiger partial charge in [0, 0.05) is 51.9 Å². The maximum atomic E-state index is 2.72. The van der Waals surface area contributed by atoms with E-state index >= 15 is 0 Å². The van der Waals surface area contributed by atoms with Crippen molar-refractivity contribution in [2.75, 3.05) is 14.7 Å². The molecule has 3 heteroatoms. The highest BCUT2D eigenvalue weighted by molar-refractivity contribution is 6.47. The first-order valence-electron chi connectivity index (χ1n) is 36.5. The highest BCUT2D eigenvalue weighted by Gasteiger charge is 2.58. The largest absolute Gasteiger partial charge is 0.334 e. The van der Waals surface area contributed by atoms with Crippen molar-refractivity contribution in [3.05, 3.63) is 278 Å². The van der Waals surface area contributed by atoms with Crippen molar-refractivity contribution in [3.63, 3.8) is 0 Å². The van der Waals surface area contributed by atoms with E-state index in [1.54, 1.807) is 0 Å². The van der Waals surface area contributed by atoms with E-state index in [1.165, 1.54) is 210 Å². The Hall–Kier alpha value is -10.2. The quantitative estimate of drug-likeness (QED) is 0.150. The van der Waals surface area contributed by atoms with Gasteiger partial charge < -0.3 is 14.7 Å². The zero-order valence-electron chi connectivity index (χ0n) is 56.9. The molecule has 3 saturated carbocycles. The van der Waals surface area contributed by atoms with Gasteiger partial charge in [-0.3, -0.25) is 0 Å². The lowest BCUT2D eigenvalue weighted by Crippen LogP contribution is -2.45. The van der Waals surface area contributed by atoms with Crippen LogP contribution < -0.4 is 14.7 Å². The summed E-state index contributed by atoms with van der Waals surface area (Å²) >= 11 is 0. The van der Waals surface area contributed by atoms with E-state index in [1.807, 2.05) is 0 Å². The van der Waals surface area contributed by atoms with Gasteiger partial charge in [0.2, 0.25) is 0 Å².